The molecule has 1 saturated heterocycles. The SMILES string of the molecule is CC(C)CCNc1ccnc(C(=O)Nc2ccc(N3CCCCC3)cc2)c1. The first kappa shape index (κ1) is 19.2. The van der Waals surface area contributed by atoms with Crippen molar-refractivity contribution in [1.82, 2.24) is 4.98 Å². The van der Waals surface area contributed by atoms with Crippen molar-refractivity contribution in [2.75, 3.05) is 35.2 Å². The van der Waals surface area contributed by atoms with Crippen LogP contribution in [-0.2, 0) is 0 Å². The van der Waals surface area contributed by atoms with E-state index < -0.39 is 0 Å². The lowest BCUT2D eigenvalue weighted by molar-refractivity contribution is 0.102. The number of benzene rings is 1. The number of nitrogens with zero attached hydrogens (tertiary/aromatic N) is 2. The first-order valence-corrected chi connectivity index (χ1v) is 9.98. The van der Waals surface area contributed by atoms with Gasteiger partial charge in [-0.25, -0.2) is 0 Å². The molecule has 5 nitrogen and oxygen atoms in total. The zero-order valence-corrected chi connectivity index (χ0v) is 16.4. The largest absolute Gasteiger partial charge is 0.385 e. The number of nitrogens with one attached hydrogen (secondary N) is 2. The number of anilines is 3. The molecule has 0 aliphatic carbocycles. The molecular formula is C22H30N4O. The quantitative estimate of drug-likeness (QED) is 0.740. The fourth-order valence-corrected chi connectivity index (χ4v) is 3.27. The number of hydrogen-bond donors (Lipinski definition) is 2. The first-order chi connectivity index (χ1) is 13.1. The Morgan fingerprint density at radius 2 is 1.81 bits per heavy atom. The van der Waals surface area contributed by atoms with E-state index in [9.17, 15) is 4.79 Å². The van der Waals surface area contributed by atoms with Crippen molar-refractivity contribution in [1.29, 1.82) is 0 Å². The van der Waals surface area contributed by atoms with Crippen LogP contribution in [0.1, 0.15) is 50.0 Å². The molecule has 1 fully saturated rings. The van der Waals surface area contributed by atoms with Gasteiger partial charge in [0, 0.05) is 42.9 Å². The summed E-state index contributed by atoms with van der Waals surface area (Å²) in [7, 11) is 0. The lowest BCUT2D eigenvalue weighted by atomic mass is 10.1. The summed E-state index contributed by atoms with van der Waals surface area (Å²) in [6.07, 6.45) is 6.60. The fraction of sp³-hybridized carbons (Fsp3) is 0.455. The zero-order valence-electron chi connectivity index (χ0n) is 16.4. The maximum absolute atomic E-state index is 12.5. The van der Waals surface area contributed by atoms with Gasteiger partial charge in [-0.1, -0.05) is 13.8 Å². The Balaban J connectivity index is 1.58. The second kappa shape index (κ2) is 9.40. The van der Waals surface area contributed by atoms with Gasteiger partial charge in [0.15, 0.2) is 0 Å². The van der Waals surface area contributed by atoms with E-state index in [2.05, 4.69) is 46.5 Å². The van der Waals surface area contributed by atoms with Gasteiger partial charge in [-0.3, -0.25) is 9.78 Å². The third-order valence-electron chi connectivity index (χ3n) is 4.89. The minimum Gasteiger partial charge on any atom is -0.385 e. The Hall–Kier alpha value is -2.56. The van der Waals surface area contributed by atoms with Gasteiger partial charge < -0.3 is 15.5 Å². The Morgan fingerprint density at radius 3 is 2.52 bits per heavy atom. The van der Waals surface area contributed by atoms with Gasteiger partial charge >= 0.3 is 0 Å². The average molecular weight is 367 g/mol. The van der Waals surface area contributed by atoms with Crippen LogP contribution >= 0.6 is 0 Å². The van der Waals surface area contributed by atoms with Crippen LogP contribution in [0.4, 0.5) is 17.1 Å². The number of carbonyl (C=O) groups excluding carboxylic acids is 1. The van der Waals surface area contributed by atoms with E-state index in [4.69, 9.17) is 0 Å². The maximum atomic E-state index is 12.5. The second-order valence-corrected chi connectivity index (χ2v) is 7.59. The third kappa shape index (κ3) is 5.71. The molecule has 1 amide bonds. The molecule has 5 heteroatoms. The molecule has 2 heterocycles. The number of aromatic nitrogens is 1. The van der Waals surface area contributed by atoms with Gasteiger partial charge in [0.05, 0.1) is 0 Å². The van der Waals surface area contributed by atoms with E-state index in [1.165, 1.54) is 24.9 Å². The summed E-state index contributed by atoms with van der Waals surface area (Å²) in [4.78, 5) is 19.1. The third-order valence-corrected chi connectivity index (χ3v) is 4.89. The van der Waals surface area contributed by atoms with Gasteiger partial charge in [0.1, 0.15) is 5.69 Å². The number of pyridine rings is 1. The smallest absolute Gasteiger partial charge is 0.274 e. The number of rotatable bonds is 7. The molecule has 1 aliphatic rings. The number of hydrogen-bond acceptors (Lipinski definition) is 4. The highest BCUT2D eigenvalue weighted by molar-refractivity contribution is 6.03. The van der Waals surface area contributed by atoms with Crippen molar-refractivity contribution < 1.29 is 4.79 Å². The molecule has 3 rings (SSSR count). The summed E-state index contributed by atoms with van der Waals surface area (Å²) in [5.74, 6) is 0.461. The lowest BCUT2D eigenvalue weighted by Crippen LogP contribution is -2.29. The normalized spacial score (nSPS) is 14.3. The van der Waals surface area contributed by atoms with Crippen molar-refractivity contribution in [3.63, 3.8) is 0 Å². The van der Waals surface area contributed by atoms with Crippen molar-refractivity contribution in [2.24, 2.45) is 5.92 Å². The van der Waals surface area contributed by atoms with Crippen LogP contribution in [0.2, 0.25) is 0 Å². The molecular weight excluding hydrogens is 336 g/mol. The van der Waals surface area contributed by atoms with Crippen LogP contribution in [0.15, 0.2) is 42.6 Å². The topological polar surface area (TPSA) is 57.3 Å². The predicted octanol–water partition coefficient (Wildman–Crippen LogP) is 4.78. The molecule has 0 saturated carbocycles. The van der Waals surface area contributed by atoms with Gasteiger partial charge in [-0.2, -0.15) is 0 Å². The molecule has 0 radical (unpaired) electrons. The van der Waals surface area contributed by atoms with Gasteiger partial charge in [-0.15, -0.1) is 0 Å². The van der Waals surface area contributed by atoms with Crippen molar-refractivity contribution in [3.8, 4) is 0 Å². The number of amides is 1. The summed E-state index contributed by atoms with van der Waals surface area (Å²) < 4.78 is 0. The van der Waals surface area contributed by atoms with Gasteiger partial charge in [0.25, 0.3) is 5.91 Å². The van der Waals surface area contributed by atoms with Crippen LogP contribution in [-0.4, -0.2) is 30.5 Å². The van der Waals surface area contributed by atoms with Gasteiger partial charge in [0.2, 0.25) is 0 Å². The van der Waals surface area contributed by atoms with Crippen LogP contribution in [0.3, 0.4) is 0 Å². The first-order valence-electron chi connectivity index (χ1n) is 9.98. The summed E-state index contributed by atoms with van der Waals surface area (Å²) in [6, 6.07) is 11.8. The molecule has 1 aliphatic heterocycles. The molecule has 1 aromatic heterocycles. The summed E-state index contributed by atoms with van der Waals surface area (Å²) >= 11 is 0. The van der Waals surface area contributed by atoms with E-state index in [-0.39, 0.29) is 5.91 Å². The highest BCUT2D eigenvalue weighted by Crippen LogP contribution is 2.22. The fourth-order valence-electron chi connectivity index (χ4n) is 3.27. The second-order valence-electron chi connectivity index (χ2n) is 7.59. The molecule has 0 spiro atoms. The van der Waals surface area contributed by atoms with E-state index in [0.29, 0.717) is 11.6 Å². The Bertz CT molecular complexity index is 736. The Morgan fingerprint density at radius 1 is 1.07 bits per heavy atom. The molecule has 2 N–H and O–H groups in total. The van der Waals surface area contributed by atoms with Crippen LogP contribution in [0, 0.1) is 5.92 Å². The molecule has 27 heavy (non-hydrogen) atoms. The zero-order chi connectivity index (χ0) is 19.1. The van der Waals surface area contributed by atoms with Crippen LogP contribution < -0.4 is 15.5 Å². The van der Waals surface area contributed by atoms with E-state index in [0.717, 1.165) is 37.4 Å². The maximum Gasteiger partial charge on any atom is 0.274 e. The average Bonchev–Trinajstić information content (AvgIpc) is 2.69. The molecule has 0 bridgehead atoms. The molecule has 1 aromatic carbocycles. The standard InChI is InChI=1S/C22H30N4O/c1-17(2)10-12-23-19-11-13-24-21(16-19)22(27)25-18-6-8-20(9-7-18)26-14-4-3-5-15-26/h6-9,11,13,16-17H,3-5,10,12,14-15H2,1-2H3,(H,23,24)(H,25,27). The van der Waals surface area contributed by atoms with Crippen LogP contribution in [0.25, 0.3) is 0 Å². The summed E-state index contributed by atoms with van der Waals surface area (Å²) in [6.45, 7) is 7.52. The van der Waals surface area contributed by atoms with E-state index in [1.807, 2.05) is 18.2 Å². The molecule has 144 valence electrons. The highest BCUT2D eigenvalue weighted by atomic mass is 16.1. The summed E-state index contributed by atoms with van der Waals surface area (Å²) in [5, 5.41) is 6.30. The highest BCUT2D eigenvalue weighted by Gasteiger charge is 2.12. The van der Waals surface area contributed by atoms with Gasteiger partial charge in [-0.05, 0) is 68.0 Å². The predicted molar refractivity (Wildman–Crippen MR) is 113 cm³/mol. The Labute approximate surface area is 162 Å². The molecule has 0 atom stereocenters. The number of piperidine rings is 1. The number of carbonyl (C=O) groups is 1. The summed E-state index contributed by atoms with van der Waals surface area (Å²) in [5.41, 5.74) is 3.36. The molecule has 0 unspecified atom stereocenters. The van der Waals surface area contributed by atoms with E-state index >= 15 is 0 Å². The van der Waals surface area contributed by atoms with Crippen molar-refractivity contribution in [2.45, 2.75) is 39.5 Å². The monoisotopic (exact) mass is 366 g/mol. The lowest BCUT2D eigenvalue weighted by Gasteiger charge is -2.28. The van der Waals surface area contributed by atoms with Crippen molar-refractivity contribution in [3.05, 3.63) is 48.3 Å². The van der Waals surface area contributed by atoms with Crippen LogP contribution in [0.5, 0.6) is 0 Å². The van der Waals surface area contributed by atoms with E-state index in [1.54, 1.807) is 12.3 Å². The van der Waals surface area contributed by atoms with Crippen molar-refractivity contribution >= 4 is 23.0 Å². The minimum absolute atomic E-state index is 0.187. The Kier molecular flexibility index (Phi) is 6.69. The minimum atomic E-state index is -0.187. The molecule has 2 aromatic rings.